The molecule has 0 bridgehead atoms. The number of nitrogens with zero attached hydrogens (tertiary/aromatic N) is 1. The lowest BCUT2D eigenvalue weighted by atomic mass is 9.93. The van der Waals surface area contributed by atoms with Crippen molar-refractivity contribution in [3.63, 3.8) is 0 Å². The molecule has 2 rings (SSSR count). The lowest BCUT2D eigenvalue weighted by Crippen LogP contribution is -2.46. The van der Waals surface area contributed by atoms with E-state index in [1.54, 1.807) is 11.8 Å². The average molecular weight is 318 g/mol. The van der Waals surface area contributed by atoms with Gasteiger partial charge in [0.05, 0.1) is 12.6 Å². The predicted molar refractivity (Wildman–Crippen MR) is 89.2 cm³/mol. The van der Waals surface area contributed by atoms with E-state index in [9.17, 15) is 14.7 Å². The molecule has 2 atom stereocenters. The standard InChI is InChI=1S/C18H26N2O3/c1-12-7-13(2)9-16(8-12)18(23)19-10-17(22)20-6-4-5-15(11-20)14(3)21/h7-9,14-15,21H,4-6,10-11H2,1-3H3,(H,19,23). The predicted octanol–water partition coefficient (Wildman–Crippen LogP) is 1.65. The molecule has 1 heterocycles. The Labute approximate surface area is 137 Å². The Morgan fingerprint density at radius 2 is 1.96 bits per heavy atom. The van der Waals surface area contributed by atoms with E-state index >= 15 is 0 Å². The van der Waals surface area contributed by atoms with Crippen molar-refractivity contribution < 1.29 is 14.7 Å². The van der Waals surface area contributed by atoms with E-state index in [0.717, 1.165) is 24.0 Å². The van der Waals surface area contributed by atoms with Crippen molar-refractivity contribution in [3.05, 3.63) is 34.9 Å². The third-order valence-electron chi connectivity index (χ3n) is 4.38. The number of carbonyl (C=O) groups excluding carboxylic acids is 2. The first-order valence-corrected chi connectivity index (χ1v) is 8.19. The van der Waals surface area contributed by atoms with E-state index in [4.69, 9.17) is 0 Å². The van der Waals surface area contributed by atoms with Crippen LogP contribution >= 0.6 is 0 Å². The summed E-state index contributed by atoms with van der Waals surface area (Å²) < 4.78 is 0. The summed E-state index contributed by atoms with van der Waals surface area (Å²) in [7, 11) is 0. The summed E-state index contributed by atoms with van der Waals surface area (Å²) in [5.74, 6) is -0.190. The quantitative estimate of drug-likeness (QED) is 0.887. The average Bonchev–Trinajstić information content (AvgIpc) is 2.51. The van der Waals surface area contributed by atoms with Crippen LogP contribution in [-0.4, -0.2) is 47.6 Å². The Morgan fingerprint density at radius 1 is 1.30 bits per heavy atom. The van der Waals surface area contributed by atoms with Crippen LogP contribution in [0.4, 0.5) is 0 Å². The minimum atomic E-state index is -0.407. The van der Waals surface area contributed by atoms with Crippen LogP contribution in [0.15, 0.2) is 18.2 Å². The van der Waals surface area contributed by atoms with Gasteiger partial charge < -0.3 is 15.3 Å². The van der Waals surface area contributed by atoms with Crippen LogP contribution in [0.3, 0.4) is 0 Å². The fraction of sp³-hybridized carbons (Fsp3) is 0.556. The van der Waals surface area contributed by atoms with E-state index in [1.165, 1.54) is 0 Å². The molecule has 0 spiro atoms. The Hall–Kier alpha value is -1.88. The monoisotopic (exact) mass is 318 g/mol. The smallest absolute Gasteiger partial charge is 0.251 e. The summed E-state index contributed by atoms with van der Waals surface area (Å²) in [6.07, 6.45) is 1.43. The highest BCUT2D eigenvalue weighted by Crippen LogP contribution is 2.19. The second-order valence-corrected chi connectivity index (χ2v) is 6.54. The second kappa shape index (κ2) is 7.59. The van der Waals surface area contributed by atoms with Gasteiger partial charge in [0.2, 0.25) is 5.91 Å². The number of aliphatic hydroxyl groups is 1. The molecule has 2 amide bonds. The minimum absolute atomic E-state index is 0.00163. The lowest BCUT2D eigenvalue weighted by molar-refractivity contribution is -0.132. The third-order valence-corrected chi connectivity index (χ3v) is 4.38. The number of aryl methyl sites for hydroxylation is 2. The van der Waals surface area contributed by atoms with Crippen molar-refractivity contribution in [2.24, 2.45) is 5.92 Å². The van der Waals surface area contributed by atoms with Gasteiger partial charge in [-0.2, -0.15) is 0 Å². The summed E-state index contributed by atoms with van der Waals surface area (Å²) in [6, 6.07) is 5.64. The molecule has 5 heteroatoms. The number of likely N-dealkylation sites (tertiary alicyclic amines) is 1. The molecule has 23 heavy (non-hydrogen) atoms. The van der Waals surface area contributed by atoms with Gasteiger partial charge in [0.15, 0.2) is 0 Å². The Balaban J connectivity index is 1.89. The van der Waals surface area contributed by atoms with Crippen LogP contribution in [0.5, 0.6) is 0 Å². The van der Waals surface area contributed by atoms with Crippen LogP contribution in [0.2, 0.25) is 0 Å². The minimum Gasteiger partial charge on any atom is -0.393 e. The largest absolute Gasteiger partial charge is 0.393 e. The zero-order chi connectivity index (χ0) is 17.0. The van der Waals surface area contributed by atoms with Crippen molar-refractivity contribution in [2.75, 3.05) is 19.6 Å². The molecule has 1 fully saturated rings. The van der Waals surface area contributed by atoms with Crippen molar-refractivity contribution in [3.8, 4) is 0 Å². The Kier molecular flexibility index (Phi) is 5.77. The van der Waals surface area contributed by atoms with E-state index in [2.05, 4.69) is 5.32 Å². The molecule has 1 aliphatic rings. The van der Waals surface area contributed by atoms with Gasteiger partial charge in [-0.1, -0.05) is 17.2 Å². The molecule has 2 N–H and O–H groups in total. The van der Waals surface area contributed by atoms with Crippen LogP contribution in [0.25, 0.3) is 0 Å². The topological polar surface area (TPSA) is 69.6 Å². The van der Waals surface area contributed by atoms with Gasteiger partial charge in [-0.25, -0.2) is 0 Å². The van der Waals surface area contributed by atoms with E-state index < -0.39 is 6.10 Å². The molecule has 1 aromatic carbocycles. The summed E-state index contributed by atoms with van der Waals surface area (Å²) in [5, 5.41) is 12.4. The molecule has 0 saturated carbocycles. The number of hydrogen-bond acceptors (Lipinski definition) is 3. The van der Waals surface area contributed by atoms with E-state index in [0.29, 0.717) is 18.7 Å². The van der Waals surface area contributed by atoms with E-state index in [1.807, 2.05) is 32.0 Å². The van der Waals surface area contributed by atoms with Gasteiger partial charge in [0, 0.05) is 24.6 Å². The van der Waals surface area contributed by atoms with Crippen molar-refractivity contribution in [1.82, 2.24) is 10.2 Å². The third kappa shape index (κ3) is 4.79. The van der Waals surface area contributed by atoms with Crippen LogP contribution in [0, 0.1) is 19.8 Å². The fourth-order valence-electron chi connectivity index (χ4n) is 3.11. The lowest BCUT2D eigenvalue weighted by Gasteiger charge is -2.34. The number of aliphatic hydroxyl groups excluding tert-OH is 1. The number of hydrogen-bond donors (Lipinski definition) is 2. The van der Waals surface area contributed by atoms with Crippen LogP contribution in [-0.2, 0) is 4.79 Å². The Bertz CT molecular complexity index is 563. The summed E-state index contributed by atoms with van der Waals surface area (Å²) in [5.41, 5.74) is 2.63. The summed E-state index contributed by atoms with van der Waals surface area (Å²) in [4.78, 5) is 26.2. The van der Waals surface area contributed by atoms with Gasteiger partial charge in [0.1, 0.15) is 0 Å². The molecular formula is C18H26N2O3. The maximum Gasteiger partial charge on any atom is 0.251 e. The van der Waals surface area contributed by atoms with Gasteiger partial charge in [-0.05, 0) is 45.7 Å². The van der Waals surface area contributed by atoms with E-state index in [-0.39, 0.29) is 24.3 Å². The molecule has 126 valence electrons. The van der Waals surface area contributed by atoms with Gasteiger partial charge in [-0.3, -0.25) is 9.59 Å². The number of piperidine rings is 1. The van der Waals surface area contributed by atoms with Gasteiger partial charge >= 0.3 is 0 Å². The fourth-order valence-corrected chi connectivity index (χ4v) is 3.11. The molecule has 0 radical (unpaired) electrons. The number of carbonyl (C=O) groups is 2. The van der Waals surface area contributed by atoms with Gasteiger partial charge in [0.25, 0.3) is 5.91 Å². The zero-order valence-electron chi connectivity index (χ0n) is 14.1. The molecule has 1 saturated heterocycles. The maximum atomic E-state index is 12.3. The molecule has 5 nitrogen and oxygen atoms in total. The summed E-state index contributed by atoms with van der Waals surface area (Å²) in [6.45, 7) is 6.91. The first-order chi connectivity index (χ1) is 10.9. The molecule has 0 aromatic heterocycles. The highest BCUT2D eigenvalue weighted by atomic mass is 16.3. The highest BCUT2D eigenvalue weighted by Gasteiger charge is 2.26. The number of amides is 2. The number of nitrogens with one attached hydrogen (secondary N) is 1. The van der Waals surface area contributed by atoms with Crippen molar-refractivity contribution >= 4 is 11.8 Å². The number of benzene rings is 1. The number of rotatable bonds is 4. The van der Waals surface area contributed by atoms with Crippen LogP contribution < -0.4 is 5.32 Å². The van der Waals surface area contributed by atoms with Crippen LogP contribution in [0.1, 0.15) is 41.3 Å². The highest BCUT2D eigenvalue weighted by molar-refractivity contribution is 5.96. The maximum absolute atomic E-state index is 12.3. The SMILES string of the molecule is Cc1cc(C)cc(C(=O)NCC(=O)N2CCCC(C(C)O)C2)c1. The normalized spacial score (nSPS) is 19.3. The van der Waals surface area contributed by atoms with Gasteiger partial charge in [-0.15, -0.1) is 0 Å². The molecule has 0 aliphatic carbocycles. The van der Waals surface area contributed by atoms with Crippen molar-refractivity contribution in [1.29, 1.82) is 0 Å². The molecular weight excluding hydrogens is 292 g/mol. The first-order valence-electron chi connectivity index (χ1n) is 8.19. The summed E-state index contributed by atoms with van der Waals surface area (Å²) >= 11 is 0. The second-order valence-electron chi connectivity index (χ2n) is 6.54. The molecule has 2 unspecified atom stereocenters. The Morgan fingerprint density at radius 3 is 2.57 bits per heavy atom. The molecule has 1 aliphatic heterocycles. The van der Waals surface area contributed by atoms with Crippen molar-refractivity contribution in [2.45, 2.75) is 39.7 Å². The molecule has 1 aromatic rings. The zero-order valence-corrected chi connectivity index (χ0v) is 14.1. The first kappa shape index (κ1) is 17.5.